The Hall–Kier alpha value is -3.63. The molecule has 34 heavy (non-hydrogen) atoms. The van der Waals surface area contributed by atoms with E-state index in [2.05, 4.69) is 27.2 Å². The summed E-state index contributed by atoms with van der Waals surface area (Å²) >= 11 is 5.08. The van der Waals surface area contributed by atoms with Gasteiger partial charge >= 0.3 is 0 Å². The zero-order chi connectivity index (χ0) is 24.4. The SMILES string of the molecule is CCCCOc1cccc(C(=O)NC(=S)N=Nc2ccc(S(=O)(=O)Nc3ccccc3)cc2)c1. The van der Waals surface area contributed by atoms with Crippen LogP contribution in [0.15, 0.2) is 94.0 Å². The molecule has 3 rings (SSSR count). The van der Waals surface area contributed by atoms with E-state index in [1.54, 1.807) is 54.6 Å². The van der Waals surface area contributed by atoms with Gasteiger partial charge in [-0.3, -0.25) is 14.8 Å². The van der Waals surface area contributed by atoms with Gasteiger partial charge < -0.3 is 4.74 Å². The normalized spacial score (nSPS) is 11.2. The quantitative estimate of drug-likeness (QED) is 0.232. The summed E-state index contributed by atoms with van der Waals surface area (Å²) in [6.07, 6.45) is 1.94. The van der Waals surface area contributed by atoms with Gasteiger partial charge in [-0.2, -0.15) is 0 Å². The molecule has 0 unspecified atom stereocenters. The number of carbonyl (C=O) groups is 1. The molecule has 2 N–H and O–H groups in total. The number of azo groups is 1. The zero-order valence-electron chi connectivity index (χ0n) is 18.5. The van der Waals surface area contributed by atoms with Crippen LogP contribution in [0.3, 0.4) is 0 Å². The lowest BCUT2D eigenvalue weighted by Crippen LogP contribution is -2.27. The summed E-state index contributed by atoms with van der Waals surface area (Å²) < 4.78 is 33.1. The maximum atomic E-state index is 12.5. The maximum absolute atomic E-state index is 12.5. The standard InChI is InChI=1S/C24H24N4O4S2/c1-2-3-16-32-21-11-7-8-18(17-21)23(29)25-24(33)27-26-19-12-14-22(15-13-19)34(30,31)28-20-9-5-4-6-10-20/h4-15,17,28H,2-3,16H2,1H3,(H,25,29,33). The Morgan fingerprint density at radius 3 is 2.44 bits per heavy atom. The molecule has 0 spiro atoms. The zero-order valence-corrected chi connectivity index (χ0v) is 20.1. The van der Waals surface area contributed by atoms with Crippen LogP contribution in [-0.2, 0) is 10.0 Å². The summed E-state index contributed by atoms with van der Waals surface area (Å²) in [7, 11) is -3.73. The minimum absolute atomic E-state index is 0.0761. The molecule has 0 atom stereocenters. The lowest BCUT2D eigenvalue weighted by atomic mass is 10.2. The lowest BCUT2D eigenvalue weighted by Gasteiger charge is -2.08. The van der Waals surface area contributed by atoms with Crippen LogP contribution in [0.1, 0.15) is 30.1 Å². The van der Waals surface area contributed by atoms with Gasteiger partial charge in [0, 0.05) is 11.3 Å². The van der Waals surface area contributed by atoms with Crippen molar-refractivity contribution in [3.05, 3.63) is 84.4 Å². The highest BCUT2D eigenvalue weighted by Gasteiger charge is 2.14. The summed E-state index contributed by atoms with van der Waals surface area (Å²) in [5.41, 5.74) is 1.22. The minimum atomic E-state index is -3.73. The number of sulfonamides is 1. The monoisotopic (exact) mass is 496 g/mol. The van der Waals surface area contributed by atoms with Gasteiger partial charge in [-0.05, 0) is 73.2 Å². The van der Waals surface area contributed by atoms with Crippen molar-refractivity contribution in [2.24, 2.45) is 10.2 Å². The van der Waals surface area contributed by atoms with Crippen molar-refractivity contribution >= 4 is 44.6 Å². The first-order chi connectivity index (χ1) is 16.4. The topological polar surface area (TPSA) is 109 Å². The Bertz CT molecular complexity index is 1260. The molecule has 0 aliphatic heterocycles. The van der Waals surface area contributed by atoms with E-state index < -0.39 is 15.9 Å². The summed E-state index contributed by atoms with van der Waals surface area (Å²) in [6, 6.07) is 21.2. The van der Waals surface area contributed by atoms with E-state index in [1.807, 2.05) is 0 Å². The van der Waals surface area contributed by atoms with Crippen LogP contribution in [-0.4, -0.2) is 26.0 Å². The van der Waals surface area contributed by atoms with Crippen LogP contribution >= 0.6 is 12.2 Å². The van der Waals surface area contributed by atoms with Crippen LogP contribution in [0.2, 0.25) is 0 Å². The van der Waals surface area contributed by atoms with Crippen molar-refractivity contribution in [1.29, 1.82) is 0 Å². The number of ether oxygens (including phenoxy) is 1. The summed E-state index contributed by atoms with van der Waals surface area (Å²) in [4.78, 5) is 12.5. The smallest absolute Gasteiger partial charge is 0.261 e. The van der Waals surface area contributed by atoms with Gasteiger partial charge in [0.2, 0.25) is 5.11 Å². The highest BCUT2D eigenvalue weighted by atomic mass is 32.2. The number of unbranched alkanes of at least 4 members (excludes halogenated alkanes) is 1. The fourth-order valence-electron chi connectivity index (χ4n) is 2.77. The summed E-state index contributed by atoms with van der Waals surface area (Å²) in [5.74, 6) is 0.170. The van der Waals surface area contributed by atoms with E-state index in [-0.39, 0.29) is 10.0 Å². The molecule has 0 saturated heterocycles. The number of hydrogen-bond acceptors (Lipinski definition) is 6. The summed E-state index contributed by atoms with van der Waals surface area (Å²) in [5, 5.41) is 10.2. The number of thiocarbonyl (C=S) groups is 1. The van der Waals surface area contributed by atoms with Crippen molar-refractivity contribution in [2.45, 2.75) is 24.7 Å². The number of carbonyl (C=O) groups excluding carboxylic acids is 1. The molecule has 0 heterocycles. The van der Waals surface area contributed by atoms with Gasteiger partial charge in [-0.25, -0.2) is 8.42 Å². The Morgan fingerprint density at radius 2 is 1.74 bits per heavy atom. The maximum Gasteiger partial charge on any atom is 0.261 e. The Balaban J connectivity index is 1.57. The number of nitrogens with zero attached hydrogens (tertiary/aromatic N) is 2. The second-order valence-corrected chi connectivity index (χ2v) is 9.22. The molecule has 3 aromatic carbocycles. The van der Waals surface area contributed by atoms with Gasteiger partial charge in [0.05, 0.1) is 17.2 Å². The Labute approximate surface area is 204 Å². The van der Waals surface area contributed by atoms with Gasteiger partial charge in [-0.1, -0.05) is 37.6 Å². The van der Waals surface area contributed by atoms with E-state index in [1.165, 1.54) is 24.3 Å². The molecule has 0 aliphatic carbocycles. The number of benzene rings is 3. The minimum Gasteiger partial charge on any atom is -0.494 e. The summed E-state index contributed by atoms with van der Waals surface area (Å²) in [6.45, 7) is 2.65. The Kier molecular flexibility index (Phi) is 8.83. The molecule has 0 fully saturated rings. The van der Waals surface area contributed by atoms with E-state index in [0.29, 0.717) is 29.3 Å². The molecule has 0 radical (unpaired) electrons. The molecule has 1 amide bonds. The van der Waals surface area contributed by atoms with Crippen molar-refractivity contribution in [1.82, 2.24) is 5.32 Å². The fraction of sp³-hybridized carbons (Fsp3) is 0.167. The van der Waals surface area contributed by atoms with Crippen LogP contribution in [0.25, 0.3) is 0 Å². The molecule has 10 heteroatoms. The third-order valence-electron chi connectivity index (χ3n) is 4.51. The molecular formula is C24H24N4O4S2. The first-order valence-electron chi connectivity index (χ1n) is 10.6. The van der Waals surface area contributed by atoms with Crippen molar-refractivity contribution in [2.75, 3.05) is 11.3 Å². The van der Waals surface area contributed by atoms with Gasteiger partial charge in [0.25, 0.3) is 15.9 Å². The number of amides is 1. The van der Waals surface area contributed by atoms with E-state index >= 15 is 0 Å². The molecule has 176 valence electrons. The molecule has 0 aliphatic rings. The molecule has 8 nitrogen and oxygen atoms in total. The second-order valence-electron chi connectivity index (χ2n) is 7.15. The number of para-hydroxylation sites is 1. The first kappa shape index (κ1) is 25.0. The van der Waals surface area contributed by atoms with Crippen LogP contribution in [0.5, 0.6) is 5.75 Å². The molecule has 3 aromatic rings. The highest BCUT2D eigenvalue weighted by molar-refractivity contribution is 7.92. The van der Waals surface area contributed by atoms with Gasteiger partial charge in [-0.15, -0.1) is 10.2 Å². The molecule has 0 saturated carbocycles. The van der Waals surface area contributed by atoms with Crippen molar-refractivity contribution < 1.29 is 17.9 Å². The third kappa shape index (κ3) is 7.46. The number of rotatable bonds is 9. The average molecular weight is 497 g/mol. The van der Waals surface area contributed by atoms with Crippen LogP contribution < -0.4 is 14.8 Å². The van der Waals surface area contributed by atoms with Crippen LogP contribution in [0.4, 0.5) is 11.4 Å². The van der Waals surface area contributed by atoms with Crippen LogP contribution in [0, 0.1) is 0 Å². The molecule has 0 bridgehead atoms. The first-order valence-corrected chi connectivity index (χ1v) is 12.4. The van der Waals surface area contributed by atoms with Gasteiger partial charge in [0.15, 0.2) is 0 Å². The van der Waals surface area contributed by atoms with E-state index in [9.17, 15) is 13.2 Å². The number of hydrogen-bond donors (Lipinski definition) is 2. The Morgan fingerprint density at radius 1 is 1.00 bits per heavy atom. The lowest BCUT2D eigenvalue weighted by molar-refractivity contribution is 0.0977. The van der Waals surface area contributed by atoms with Crippen molar-refractivity contribution in [3.63, 3.8) is 0 Å². The number of anilines is 1. The molecular weight excluding hydrogens is 472 g/mol. The fourth-order valence-corrected chi connectivity index (χ4v) is 3.96. The highest BCUT2D eigenvalue weighted by Crippen LogP contribution is 2.20. The number of nitrogens with one attached hydrogen (secondary N) is 2. The van der Waals surface area contributed by atoms with E-state index in [4.69, 9.17) is 17.0 Å². The third-order valence-corrected chi connectivity index (χ3v) is 6.09. The van der Waals surface area contributed by atoms with E-state index in [0.717, 1.165) is 12.8 Å². The van der Waals surface area contributed by atoms with Gasteiger partial charge in [0.1, 0.15) is 5.75 Å². The predicted molar refractivity (Wildman–Crippen MR) is 135 cm³/mol. The predicted octanol–water partition coefficient (Wildman–Crippen LogP) is 5.46. The second kappa shape index (κ2) is 12.0. The molecule has 0 aromatic heterocycles. The largest absolute Gasteiger partial charge is 0.494 e. The van der Waals surface area contributed by atoms with Crippen molar-refractivity contribution in [3.8, 4) is 5.75 Å². The average Bonchev–Trinajstić information content (AvgIpc) is 2.84.